The lowest BCUT2D eigenvalue weighted by Crippen LogP contribution is -2.48. The predicted octanol–water partition coefficient (Wildman–Crippen LogP) is 0.691. The smallest absolute Gasteiger partial charge is 0.240 e. The van der Waals surface area contributed by atoms with E-state index in [2.05, 4.69) is 5.32 Å². The van der Waals surface area contributed by atoms with Crippen LogP contribution in [-0.2, 0) is 19.6 Å². The molecule has 0 aromatic heterocycles. The van der Waals surface area contributed by atoms with Crippen LogP contribution >= 0.6 is 10.7 Å². The molecule has 0 saturated carbocycles. The highest BCUT2D eigenvalue weighted by Crippen LogP contribution is 2.19. The molecule has 0 radical (unpaired) electrons. The summed E-state index contributed by atoms with van der Waals surface area (Å²) in [5.74, 6) is -0.255. The average molecular weight is 289 g/mol. The summed E-state index contributed by atoms with van der Waals surface area (Å²) in [6, 6.07) is 6.87. The minimum atomic E-state index is -3.58. The molecule has 1 N–H and O–H groups in total. The molecule has 0 atom stereocenters. The maximum absolute atomic E-state index is 11.7. The van der Waals surface area contributed by atoms with Gasteiger partial charge in [0.15, 0.2) is 0 Å². The third-order valence-corrected chi connectivity index (χ3v) is 3.66. The van der Waals surface area contributed by atoms with Crippen LogP contribution in [0.1, 0.15) is 5.56 Å². The van der Waals surface area contributed by atoms with Gasteiger partial charge in [0.05, 0.1) is 12.3 Å². The molecule has 1 aliphatic rings. The number of nitrogens with one attached hydrogen (secondary N) is 1. The lowest BCUT2D eigenvalue weighted by molar-refractivity contribution is -0.118. The second-order valence-electron chi connectivity index (χ2n) is 4.08. The molecular weight excluding hydrogens is 276 g/mol. The van der Waals surface area contributed by atoms with Crippen LogP contribution in [0.25, 0.3) is 0 Å². The predicted molar refractivity (Wildman–Crippen MR) is 70.1 cm³/mol. The van der Waals surface area contributed by atoms with Crippen molar-refractivity contribution < 1.29 is 13.2 Å². The summed E-state index contributed by atoms with van der Waals surface area (Å²) in [6.45, 7) is 1.61. The lowest BCUT2D eigenvalue weighted by atomic mass is 10.2. The fraction of sp³-hybridized carbons (Fsp3) is 0.364. The first-order valence-corrected chi connectivity index (χ1v) is 7.96. The molecule has 1 fully saturated rings. The summed E-state index contributed by atoms with van der Waals surface area (Å²) in [5, 5.41) is 2.98. The number of amides is 1. The van der Waals surface area contributed by atoms with Gasteiger partial charge in [-0.2, -0.15) is 0 Å². The zero-order valence-electron chi connectivity index (χ0n) is 9.60. The molecule has 1 aromatic rings. The maximum Gasteiger partial charge on any atom is 0.240 e. The molecule has 5 nitrogen and oxygen atoms in total. The Kier molecular flexibility index (Phi) is 3.89. The largest absolute Gasteiger partial charge is 0.310 e. The van der Waals surface area contributed by atoms with E-state index in [-0.39, 0.29) is 11.7 Å². The number of nitrogens with zero attached hydrogens (tertiary/aromatic N) is 1. The van der Waals surface area contributed by atoms with Crippen LogP contribution in [0.5, 0.6) is 0 Å². The summed E-state index contributed by atoms with van der Waals surface area (Å²) in [5.41, 5.74) is 1.29. The third-order valence-electron chi connectivity index (χ3n) is 2.65. The van der Waals surface area contributed by atoms with Crippen LogP contribution in [-0.4, -0.2) is 34.0 Å². The molecule has 7 heteroatoms. The van der Waals surface area contributed by atoms with Gasteiger partial charge in [0.25, 0.3) is 0 Å². The van der Waals surface area contributed by atoms with Crippen LogP contribution < -0.4 is 10.2 Å². The van der Waals surface area contributed by atoms with Gasteiger partial charge in [-0.1, -0.05) is 12.1 Å². The Morgan fingerprint density at radius 1 is 1.39 bits per heavy atom. The van der Waals surface area contributed by atoms with Crippen molar-refractivity contribution in [1.82, 2.24) is 5.32 Å². The summed E-state index contributed by atoms with van der Waals surface area (Å²) in [7, 11) is 1.63. The highest BCUT2D eigenvalue weighted by Gasteiger charge is 2.19. The van der Waals surface area contributed by atoms with Gasteiger partial charge in [0.1, 0.15) is 0 Å². The maximum atomic E-state index is 11.7. The molecule has 0 unspecified atom stereocenters. The summed E-state index contributed by atoms with van der Waals surface area (Å²) in [4.78, 5) is 13.4. The zero-order chi connectivity index (χ0) is 13.2. The van der Waals surface area contributed by atoms with E-state index in [0.717, 1.165) is 6.54 Å². The number of halogens is 1. The first-order chi connectivity index (χ1) is 8.46. The van der Waals surface area contributed by atoms with Gasteiger partial charge in [-0.05, 0) is 17.7 Å². The molecule has 1 aliphatic heterocycles. The van der Waals surface area contributed by atoms with Crippen LogP contribution in [0.2, 0.25) is 0 Å². The van der Waals surface area contributed by atoms with Crippen LogP contribution in [0.3, 0.4) is 0 Å². The monoisotopic (exact) mass is 288 g/mol. The van der Waals surface area contributed by atoms with Gasteiger partial charge in [0.2, 0.25) is 15.0 Å². The summed E-state index contributed by atoms with van der Waals surface area (Å²) in [6.07, 6.45) is 0. The number of piperazine rings is 1. The Hall–Kier alpha value is -1.11. The summed E-state index contributed by atoms with van der Waals surface area (Å²) >= 11 is 0. The van der Waals surface area contributed by atoms with Crippen LogP contribution in [0, 0.1) is 0 Å². The third kappa shape index (κ3) is 3.44. The number of hydrogen-bond acceptors (Lipinski definition) is 4. The van der Waals surface area contributed by atoms with Crippen molar-refractivity contribution in [3.63, 3.8) is 0 Å². The van der Waals surface area contributed by atoms with E-state index in [4.69, 9.17) is 10.7 Å². The van der Waals surface area contributed by atoms with E-state index in [1.165, 1.54) is 0 Å². The van der Waals surface area contributed by atoms with Gasteiger partial charge in [-0.15, -0.1) is 0 Å². The van der Waals surface area contributed by atoms with Crippen molar-refractivity contribution in [3.8, 4) is 0 Å². The fourth-order valence-corrected chi connectivity index (χ4v) is 2.85. The number of carbonyl (C=O) groups is 1. The van der Waals surface area contributed by atoms with Gasteiger partial charge in [-0.25, -0.2) is 8.42 Å². The number of benzene rings is 1. The number of carbonyl (C=O) groups excluding carboxylic acids is 1. The molecule has 1 saturated heterocycles. The molecule has 1 aromatic carbocycles. The van der Waals surface area contributed by atoms with Gasteiger partial charge < -0.3 is 10.2 Å². The van der Waals surface area contributed by atoms with Gasteiger partial charge in [-0.3, -0.25) is 4.79 Å². The van der Waals surface area contributed by atoms with Crippen molar-refractivity contribution in [1.29, 1.82) is 0 Å². The van der Waals surface area contributed by atoms with Crippen molar-refractivity contribution in [2.24, 2.45) is 0 Å². The normalized spacial score (nSPS) is 16.9. The standard InChI is InChI=1S/C11H13ClN2O3S/c12-18(16,17)8-9-2-1-3-10(6-9)14-5-4-13-7-11(14)15/h1-3,6,13H,4-5,7-8H2. The topological polar surface area (TPSA) is 66.5 Å². The molecule has 0 spiro atoms. The molecule has 2 rings (SSSR count). The Balaban J connectivity index is 2.23. The Morgan fingerprint density at radius 2 is 2.17 bits per heavy atom. The van der Waals surface area contributed by atoms with Crippen molar-refractivity contribution >= 4 is 31.3 Å². The lowest BCUT2D eigenvalue weighted by Gasteiger charge is -2.27. The highest BCUT2D eigenvalue weighted by molar-refractivity contribution is 8.13. The molecule has 0 aliphatic carbocycles. The van der Waals surface area contributed by atoms with Crippen LogP contribution in [0.4, 0.5) is 5.69 Å². The minimum absolute atomic E-state index is 0.0212. The fourth-order valence-electron chi connectivity index (χ4n) is 1.89. The quantitative estimate of drug-likeness (QED) is 0.831. The first-order valence-electron chi connectivity index (χ1n) is 5.48. The van der Waals surface area contributed by atoms with E-state index in [1.54, 1.807) is 29.2 Å². The molecular formula is C11H13ClN2O3S. The minimum Gasteiger partial charge on any atom is -0.310 e. The van der Waals surface area contributed by atoms with E-state index in [0.29, 0.717) is 24.3 Å². The van der Waals surface area contributed by atoms with Gasteiger partial charge in [0, 0.05) is 29.5 Å². The van der Waals surface area contributed by atoms with Crippen molar-refractivity contribution in [3.05, 3.63) is 29.8 Å². The highest BCUT2D eigenvalue weighted by atomic mass is 35.7. The van der Waals surface area contributed by atoms with Crippen LogP contribution in [0.15, 0.2) is 24.3 Å². The molecule has 1 amide bonds. The number of anilines is 1. The average Bonchev–Trinajstić information content (AvgIpc) is 2.27. The number of rotatable bonds is 3. The van der Waals surface area contributed by atoms with Gasteiger partial charge >= 0.3 is 0 Å². The van der Waals surface area contributed by atoms with E-state index >= 15 is 0 Å². The van der Waals surface area contributed by atoms with Crippen molar-refractivity contribution in [2.45, 2.75) is 5.75 Å². The Bertz CT molecular complexity index is 559. The summed E-state index contributed by atoms with van der Waals surface area (Å²) < 4.78 is 22.1. The van der Waals surface area contributed by atoms with E-state index < -0.39 is 9.05 Å². The molecule has 1 heterocycles. The second-order valence-corrected chi connectivity index (χ2v) is 6.85. The Labute approximate surface area is 110 Å². The van der Waals surface area contributed by atoms with E-state index in [1.807, 2.05) is 0 Å². The molecule has 98 valence electrons. The number of hydrogen-bond donors (Lipinski definition) is 1. The molecule has 0 bridgehead atoms. The zero-order valence-corrected chi connectivity index (χ0v) is 11.2. The first kappa shape index (κ1) is 13.3. The van der Waals surface area contributed by atoms with Crippen molar-refractivity contribution in [2.75, 3.05) is 24.5 Å². The SMILES string of the molecule is O=C1CNCCN1c1cccc(CS(=O)(=O)Cl)c1. The Morgan fingerprint density at radius 3 is 2.83 bits per heavy atom. The molecule has 18 heavy (non-hydrogen) atoms. The van der Waals surface area contributed by atoms with E-state index in [9.17, 15) is 13.2 Å². The second kappa shape index (κ2) is 5.26.